The number of carbonyl (C=O) groups excluding carboxylic acids is 1. The van der Waals surface area contributed by atoms with Crippen molar-refractivity contribution in [2.45, 2.75) is 26.0 Å². The molecule has 1 aliphatic heterocycles. The van der Waals surface area contributed by atoms with Gasteiger partial charge in [0.1, 0.15) is 6.10 Å². The third-order valence-corrected chi connectivity index (χ3v) is 4.79. The van der Waals surface area contributed by atoms with E-state index in [-0.39, 0.29) is 18.1 Å². The number of morpholine rings is 1. The summed E-state index contributed by atoms with van der Waals surface area (Å²) in [5.74, 6) is 0.0211. The first-order chi connectivity index (χ1) is 11.1. The highest BCUT2D eigenvalue weighted by Crippen LogP contribution is 2.25. The second-order valence-electron chi connectivity index (χ2n) is 5.69. The Morgan fingerprint density at radius 2 is 2.17 bits per heavy atom. The molecule has 1 saturated heterocycles. The van der Waals surface area contributed by atoms with Crippen molar-refractivity contribution in [2.75, 3.05) is 13.2 Å². The van der Waals surface area contributed by atoms with E-state index in [4.69, 9.17) is 4.74 Å². The minimum atomic E-state index is -0.0598. The maximum absolute atomic E-state index is 12.5. The van der Waals surface area contributed by atoms with E-state index in [9.17, 15) is 4.79 Å². The molecular weight excluding hydrogens is 308 g/mol. The van der Waals surface area contributed by atoms with E-state index in [1.807, 2.05) is 55.2 Å². The summed E-state index contributed by atoms with van der Waals surface area (Å²) in [4.78, 5) is 19.6. The van der Waals surface area contributed by atoms with Crippen molar-refractivity contribution in [3.63, 3.8) is 0 Å². The molecule has 120 valence electrons. The van der Waals surface area contributed by atoms with Crippen LogP contribution in [-0.2, 0) is 9.53 Å². The van der Waals surface area contributed by atoms with Crippen molar-refractivity contribution < 1.29 is 9.53 Å². The van der Waals surface area contributed by atoms with Gasteiger partial charge in [0.15, 0.2) is 0 Å². The summed E-state index contributed by atoms with van der Waals surface area (Å²) in [6, 6.07) is 10.1. The number of ether oxygens (including phenoxy) is 1. The Kier molecular flexibility index (Phi) is 4.88. The molecule has 0 aliphatic carbocycles. The number of thiazole rings is 1. The van der Waals surface area contributed by atoms with Crippen LogP contribution in [0.3, 0.4) is 0 Å². The highest BCUT2D eigenvalue weighted by molar-refractivity contribution is 7.12. The molecule has 3 rings (SSSR count). The zero-order valence-electron chi connectivity index (χ0n) is 13.3. The van der Waals surface area contributed by atoms with E-state index in [1.54, 1.807) is 23.6 Å². The van der Waals surface area contributed by atoms with Gasteiger partial charge in [-0.15, -0.1) is 11.3 Å². The third kappa shape index (κ3) is 3.86. The van der Waals surface area contributed by atoms with Crippen molar-refractivity contribution >= 4 is 23.3 Å². The van der Waals surface area contributed by atoms with Gasteiger partial charge in [-0.1, -0.05) is 30.3 Å². The van der Waals surface area contributed by atoms with Gasteiger partial charge in [0.2, 0.25) is 5.91 Å². The van der Waals surface area contributed by atoms with Gasteiger partial charge in [0, 0.05) is 17.2 Å². The molecule has 0 N–H and O–H groups in total. The van der Waals surface area contributed by atoms with Crippen LogP contribution in [0.4, 0.5) is 0 Å². The molecule has 0 unspecified atom stereocenters. The van der Waals surface area contributed by atoms with Crippen LogP contribution in [0.5, 0.6) is 0 Å². The lowest BCUT2D eigenvalue weighted by Crippen LogP contribution is -2.47. The van der Waals surface area contributed by atoms with Crippen LogP contribution >= 0.6 is 11.3 Å². The fourth-order valence-corrected chi connectivity index (χ4v) is 3.33. The average Bonchev–Trinajstić information content (AvgIpc) is 2.99. The Bertz CT molecular complexity index is 696. The SMILES string of the molecule is Cc1ncc(/C=C/C(=O)N2C[C@@H](c3ccccc3)OC[C@H]2C)s1. The molecule has 4 nitrogen and oxygen atoms in total. The molecule has 2 heterocycles. The Labute approximate surface area is 140 Å². The fraction of sp³-hybridized carbons (Fsp3) is 0.333. The number of benzene rings is 1. The summed E-state index contributed by atoms with van der Waals surface area (Å²) in [5.41, 5.74) is 1.11. The van der Waals surface area contributed by atoms with Gasteiger partial charge in [-0.3, -0.25) is 4.79 Å². The van der Waals surface area contributed by atoms with Crippen LogP contribution in [0.15, 0.2) is 42.6 Å². The summed E-state index contributed by atoms with van der Waals surface area (Å²) >= 11 is 1.58. The second-order valence-corrected chi connectivity index (χ2v) is 6.95. The topological polar surface area (TPSA) is 42.4 Å². The van der Waals surface area contributed by atoms with Gasteiger partial charge in [-0.05, 0) is 25.5 Å². The van der Waals surface area contributed by atoms with Gasteiger partial charge in [0.05, 0.1) is 24.2 Å². The van der Waals surface area contributed by atoms with Gasteiger partial charge in [-0.2, -0.15) is 0 Å². The maximum atomic E-state index is 12.5. The molecule has 2 aromatic rings. The number of aryl methyl sites for hydroxylation is 1. The number of amides is 1. The lowest BCUT2D eigenvalue weighted by molar-refractivity contribution is -0.139. The molecule has 0 saturated carbocycles. The summed E-state index contributed by atoms with van der Waals surface area (Å²) in [6.45, 7) is 5.11. The van der Waals surface area contributed by atoms with Crippen LogP contribution < -0.4 is 0 Å². The average molecular weight is 328 g/mol. The summed E-state index contributed by atoms with van der Waals surface area (Å²) < 4.78 is 5.90. The standard InChI is InChI=1S/C18H20N2O2S/c1-13-12-22-17(15-6-4-3-5-7-15)11-20(13)18(21)9-8-16-10-19-14(2)23-16/h3-10,13,17H,11-12H2,1-2H3/b9-8+/t13-,17+/m1/s1. The Morgan fingerprint density at radius 1 is 1.39 bits per heavy atom. The van der Waals surface area contributed by atoms with Gasteiger partial charge in [-0.25, -0.2) is 4.98 Å². The number of nitrogens with zero attached hydrogens (tertiary/aromatic N) is 2. The van der Waals surface area contributed by atoms with Crippen LogP contribution in [0.1, 0.15) is 28.5 Å². The minimum Gasteiger partial charge on any atom is -0.370 e. The van der Waals surface area contributed by atoms with E-state index >= 15 is 0 Å². The molecule has 0 radical (unpaired) electrons. The molecule has 1 aromatic heterocycles. The van der Waals surface area contributed by atoms with Gasteiger partial charge in [0.25, 0.3) is 0 Å². The number of aromatic nitrogens is 1. The van der Waals surface area contributed by atoms with Crippen molar-refractivity contribution in [2.24, 2.45) is 0 Å². The first-order valence-electron chi connectivity index (χ1n) is 7.71. The predicted molar refractivity (Wildman–Crippen MR) is 92.2 cm³/mol. The Balaban J connectivity index is 1.69. The van der Waals surface area contributed by atoms with Crippen LogP contribution in [-0.4, -0.2) is 35.0 Å². The first kappa shape index (κ1) is 15.9. The van der Waals surface area contributed by atoms with Crippen molar-refractivity contribution in [1.29, 1.82) is 0 Å². The Morgan fingerprint density at radius 3 is 2.87 bits per heavy atom. The fourth-order valence-electron chi connectivity index (χ4n) is 2.64. The molecule has 0 bridgehead atoms. The van der Waals surface area contributed by atoms with E-state index < -0.39 is 0 Å². The zero-order chi connectivity index (χ0) is 16.2. The Hall–Kier alpha value is -1.98. The van der Waals surface area contributed by atoms with Gasteiger partial charge >= 0.3 is 0 Å². The highest BCUT2D eigenvalue weighted by atomic mass is 32.1. The largest absolute Gasteiger partial charge is 0.370 e. The number of carbonyl (C=O) groups is 1. The third-order valence-electron chi connectivity index (χ3n) is 3.92. The molecule has 5 heteroatoms. The van der Waals surface area contributed by atoms with Crippen molar-refractivity contribution in [3.8, 4) is 0 Å². The van der Waals surface area contributed by atoms with E-state index in [2.05, 4.69) is 4.98 Å². The van der Waals surface area contributed by atoms with Gasteiger partial charge < -0.3 is 9.64 Å². The molecule has 23 heavy (non-hydrogen) atoms. The predicted octanol–water partition coefficient (Wildman–Crippen LogP) is 3.45. The van der Waals surface area contributed by atoms with Crippen molar-refractivity contribution in [1.82, 2.24) is 9.88 Å². The van der Waals surface area contributed by atoms with E-state index in [0.717, 1.165) is 15.4 Å². The second kappa shape index (κ2) is 7.06. The molecule has 1 aliphatic rings. The maximum Gasteiger partial charge on any atom is 0.247 e. The lowest BCUT2D eigenvalue weighted by Gasteiger charge is -2.37. The molecule has 2 atom stereocenters. The lowest BCUT2D eigenvalue weighted by atomic mass is 10.1. The highest BCUT2D eigenvalue weighted by Gasteiger charge is 2.29. The normalized spacial score (nSPS) is 21.7. The zero-order valence-corrected chi connectivity index (χ0v) is 14.1. The summed E-state index contributed by atoms with van der Waals surface area (Å²) in [5, 5.41) is 1.00. The van der Waals surface area contributed by atoms with Crippen LogP contribution in [0, 0.1) is 6.92 Å². The number of hydrogen-bond donors (Lipinski definition) is 0. The first-order valence-corrected chi connectivity index (χ1v) is 8.53. The molecule has 1 aromatic carbocycles. The number of rotatable bonds is 3. The van der Waals surface area contributed by atoms with E-state index in [1.165, 1.54) is 0 Å². The van der Waals surface area contributed by atoms with E-state index in [0.29, 0.717) is 13.2 Å². The smallest absolute Gasteiger partial charge is 0.247 e. The molecule has 0 spiro atoms. The summed E-state index contributed by atoms with van der Waals surface area (Å²) in [7, 11) is 0. The molecule has 1 amide bonds. The molecular formula is C18H20N2O2S. The molecule has 1 fully saturated rings. The number of hydrogen-bond acceptors (Lipinski definition) is 4. The summed E-state index contributed by atoms with van der Waals surface area (Å²) in [6.07, 6.45) is 5.21. The quantitative estimate of drug-likeness (QED) is 0.811. The van der Waals surface area contributed by atoms with Crippen LogP contribution in [0.2, 0.25) is 0 Å². The minimum absolute atomic E-state index is 0.0211. The monoisotopic (exact) mass is 328 g/mol. The van der Waals surface area contributed by atoms with Crippen molar-refractivity contribution in [3.05, 3.63) is 58.1 Å². The van der Waals surface area contributed by atoms with Crippen LogP contribution in [0.25, 0.3) is 6.08 Å².